The quantitative estimate of drug-likeness (QED) is 0.879. The lowest BCUT2D eigenvalue weighted by atomic mass is 9.96. The van der Waals surface area contributed by atoms with Gasteiger partial charge in [0.15, 0.2) is 0 Å². The summed E-state index contributed by atoms with van der Waals surface area (Å²) in [5.74, 6) is 1.05. The zero-order valence-electron chi connectivity index (χ0n) is 14.2. The fourth-order valence-corrected chi connectivity index (χ4v) is 3.43. The van der Waals surface area contributed by atoms with Crippen LogP contribution < -0.4 is 5.63 Å². The monoisotopic (exact) mass is 315 g/mol. The van der Waals surface area contributed by atoms with E-state index in [-0.39, 0.29) is 11.4 Å². The molecular weight excluding hydrogens is 290 g/mol. The molecule has 0 amide bonds. The van der Waals surface area contributed by atoms with Crippen molar-refractivity contribution in [2.75, 3.05) is 13.1 Å². The van der Waals surface area contributed by atoms with Crippen LogP contribution in [-0.2, 0) is 13.0 Å². The first-order valence-electron chi connectivity index (χ1n) is 8.50. The van der Waals surface area contributed by atoms with Crippen molar-refractivity contribution in [2.45, 2.75) is 46.6 Å². The summed E-state index contributed by atoms with van der Waals surface area (Å²) in [4.78, 5) is 14.1. The molecule has 0 atom stereocenters. The summed E-state index contributed by atoms with van der Waals surface area (Å²) >= 11 is 0. The molecule has 4 nitrogen and oxygen atoms in total. The minimum atomic E-state index is -0.354. The molecule has 23 heavy (non-hydrogen) atoms. The fourth-order valence-electron chi connectivity index (χ4n) is 3.43. The number of phenolic OH excluding ortho intramolecular Hbond substituents is 1. The van der Waals surface area contributed by atoms with Crippen molar-refractivity contribution in [3.8, 4) is 5.75 Å². The Bertz CT molecular complexity index is 770. The summed E-state index contributed by atoms with van der Waals surface area (Å²) in [5.41, 5.74) is 2.76. The first-order chi connectivity index (χ1) is 11.0. The summed E-state index contributed by atoms with van der Waals surface area (Å²) in [7, 11) is 0. The Morgan fingerprint density at radius 1 is 1.30 bits per heavy atom. The van der Waals surface area contributed by atoms with E-state index in [2.05, 4.69) is 11.8 Å². The van der Waals surface area contributed by atoms with E-state index in [1.165, 1.54) is 18.9 Å². The Labute approximate surface area is 136 Å². The summed E-state index contributed by atoms with van der Waals surface area (Å²) < 4.78 is 5.47. The first kappa shape index (κ1) is 16.1. The number of piperidine rings is 1. The van der Waals surface area contributed by atoms with Crippen molar-refractivity contribution in [3.05, 3.63) is 39.2 Å². The van der Waals surface area contributed by atoms with Crippen molar-refractivity contribution in [1.29, 1.82) is 0 Å². The molecule has 1 aliphatic heterocycles. The number of aryl methyl sites for hydroxylation is 2. The molecule has 1 fully saturated rings. The highest BCUT2D eigenvalue weighted by Gasteiger charge is 2.21. The predicted molar refractivity (Wildman–Crippen MR) is 91.9 cm³/mol. The lowest BCUT2D eigenvalue weighted by molar-refractivity contribution is 0.183. The smallest absolute Gasteiger partial charge is 0.336 e. The largest absolute Gasteiger partial charge is 0.507 e. The van der Waals surface area contributed by atoms with Crippen LogP contribution in [0.3, 0.4) is 0 Å². The van der Waals surface area contributed by atoms with Crippen LogP contribution in [0.5, 0.6) is 5.75 Å². The molecule has 0 aliphatic carbocycles. The third-order valence-corrected chi connectivity index (χ3v) is 5.03. The van der Waals surface area contributed by atoms with Gasteiger partial charge in [0.25, 0.3) is 0 Å². The molecule has 0 radical (unpaired) electrons. The molecule has 0 unspecified atom stereocenters. The number of hydrogen-bond donors (Lipinski definition) is 1. The normalized spacial score (nSPS) is 17.0. The van der Waals surface area contributed by atoms with E-state index in [1.807, 2.05) is 19.9 Å². The highest BCUT2D eigenvalue weighted by Crippen LogP contribution is 2.34. The van der Waals surface area contributed by atoms with E-state index in [1.54, 1.807) is 0 Å². The maximum atomic E-state index is 11.8. The number of hydrogen-bond acceptors (Lipinski definition) is 4. The Morgan fingerprint density at radius 2 is 2.00 bits per heavy atom. The average molecular weight is 315 g/mol. The first-order valence-corrected chi connectivity index (χ1v) is 8.50. The molecule has 1 N–H and O–H groups in total. The molecular formula is C19H25NO3. The van der Waals surface area contributed by atoms with Gasteiger partial charge >= 0.3 is 5.63 Å². The van der Waals surface area contributed by atoms with E-state index in [0.29, 0.717) is 12.1 Å². The summed E-state index contributed by atoms with van der Waals surface area (Å²) in [6.07, 6.45) is 3.11. The summed E-state index contributed by atoms with van der Waals surface area (Å²) in [6, 6.07) is 3.47. The highest BCUT2D eigenvalue weighted by atomic mass is 16.4. The second kappa shape index (κ2) is 6.36. The minimum Gasteiger partial charge on any atom is -0.507 e. The third kappa shape index (κ3) is 3.13. The zero-order valence-corrected chi connectivity index (χ0v) is 14.2. The number of nitrogens with zero attached hydrogens (tertiary/aromatic N) is 1. The number of fused-ring (bicyclic) bond motifs is 1. The van der Waals surface area contributed by atoms with Gasteiger partial charge < -0.3 is 9.52 Å². The van der Waals surface area contributed by atoms with Crippen LogP contribution in [0, 0.1) is 12.8 Å². The van der Waals surface area contributed by atoms with Gasteiger partial charge in [-0.05, 0) is 62.4 Å². The fraction of sp³-hybridized carbons (Fsp3) is 0.526. The molecule has 4 heteroatoms. The predicted octanol–water partition coefficient (Wildman–Crippen LogP) is 3.60. The number of aromatic hydroxyl groups is 1. The van der Waals surface area contributed by atoms with Crippen molar-refractivity contribution < 1.29 is 9.52 Å². The molecule has 0 saturated carbocycles. The van der Waals surface area contributed by atoms with E-state index >= 15 is 0 Å². The van der Waals surface area contributed by atoms with E-state index in [4.69, 9.17) is 4.42 Å². The van der Waals surface area contributed by atoms with Gasteiger partial charge in [0.2, 0.25) is 0 Å². The van der Waals surface area contributed by atoms with Crippen molar-refractivity contribution in [3.63, 3.8) is 0 Å². The summed E-state index contributed by atoms with van der Waals surface area (Å²) in [5, 5.41) is 11.6. The Balaban J connectivity index is 2.09. The molecule has 1 aliphatic rings. The van der Waals surface area contributed by atoms with Crippen LogP contribution in [0.4, 0.5) is 0 Å². The second-order valence-corrected chi connectivity index (χ2v) is 6.80. The van der Waals surface area contributed by atoms with Crippen LogP contribution in [0.1, 0.15) is 43.4 Å². The van der Waals surface area contributed by atoms with E-state index in [9.17, 15) is 9.90 Å². The molecule has 2 heterocycles. The molecule has 124 valence electrons. The van der Waals surface area contributed by atoms with E-state index in [0.717, 1.165) is 47.5 Å². The van der Waals surface area contributed by atoms with Crippen molar-refractivity contribution in [1.82, 2.24) is 4.90 Å². The van der Waals surface area contributed by atoms with Gasteiger partial charge in [0.05, 0.1) is 5.56 Å². The van der Waals surface area contributed by atoms with Gasteiger partial charge in [-0.15, -0.1) is 0 Å². The Morgan fingerprint density at radius 3 is 2.65 bits per heavy atom. The average Bonchev–Trinajstić information content (AvgIpc) is 2.52. The van der Waals surface area contributed by atoms with Gasteiger partial charge in [-0.25, -0.2) is 4.79 Å². The van der Waals surface area contributed by atoms with E-state index < -0.39 is 0 Å². The number of benzene rings is 1. The number of rotatable bonds is 3. The minimum absolute atomic E-state index is 0.285. The number of phenols is 1. The van der Waals surface area contributed by atoms with Crippen molar-refractivity contribution in [2.24, 2.45) is 5.92 Å². The molecule has 0 spiro atoms. The third-order valence-electron chi connectivity index (χ3n) is 5.03. The number of likely N-dealkylation sites (tertiary alicyclic amines) is 1. The lowest BCUT2D eigenvalue weighted by Crippen LogP contribution is -2.32. The van der Waals surface area contributed by atoms with Gasteiger partial charge in [0.1, 0.15) is 11.3 Å². The maximum Gasteiger partial charge on any atom is 0.336 e. The molecule has 0 bridgehead atoms. The maximum absolute atomic E-state index is 11.8. The zero-order chi connectivity index (χ0) is 16.6. The molecule has 3 rings (SSSR count). The van der Waals surface area contributed by atoms with Gasteiger partial charge in [-0.3, -0.25) is 4.90 Å². The van der Waals surface area contributed by atoms with Gasteiger partial charge in [0, 0.05) is 18.0 Å². The summed E-state index contributed by atoms with van der Waals surface area (Å²) in [6.45, 7) is 8.91. The van der Waals surface area contributed by atoms with Gasteiger partial charge in [-0.1, -0.05) is 13.8 Å². The molecule has 1 aromatic carbocycles. The SMILES string of the molecule is CCc1cc2c(C)cc(=O)oc2c(CN2CCC(C)CC2)c1O. The standard InChI is InChI=1S/C19H25NO3/c1-4-14-10-15-13(3)9-17(21)23-19(15)16(18(14)22)11-20-7-5-12(2)6-8-20/h9-10,12,22H,4-8,11H2,1-3H3. The van der Waals surface area contributed by atoms with Gasteiger partial charge in [-0.2, -0.15) is 0 Å². The van der Waals surface area contributed by atoms with Crippen LogP contribution in [0.15, 0.2) is 21.3 Å². The molecule has 1 aromatic heterocycles. The Hall–Kier alpha value is -1.81. The lowest BCUT2D eigenvalue weighted by Gasteiger charge is -2.30. The van der Waals surface area contributed by atoms with Crippen LogP contribution >= 0.6 is 0 Å². The second-order valence-electron chi connectivity index (χ2n) is 6.80. The van der Waals surface area contributed by atoms with Crippen LogP contribution in [0.2, 0.25) is 0 Å². The molecule has 2 aromatic rings. The van der Waals surface area contributed by atoms with Crippen LogP contribution in [-0.4, -0.2) is 23.1 Å². The Kier molecular flexibility index (Phi) is 4.44. The van der Waals surface area contributed by atoms with Crippen molar-refractivity contribution >= 4 is 11.0 Å². The highest BCUT2D eigenvalue weighted by molar-refractivity contribution is 5.86. The topological polar surface area (TPSA) is 53.7 Å². The molecule has 1 saturated heterocycles. The van der Waals surface area contributed by atoms with Crippen LogP contribution in [0.25, 0.3) is 11.0 Å².